The lowest BCUT2D eigenvalue weighted by Crippen LogP contribution is -2.29. The third kappa shape index (κ3) is 2.61. The van der Waals surface area contributed by atoms with E-state index in [1.807, 2.05) is 0 Å². The second-order valence-corrected chi connectivity index (χ2v) is 6.38. The summed E-state index contributed by atoms with van der Waals surface area (Å²) >= 11 is 5.71. The third-order valence-corrected chi connectivity index (χ3v) is 5.20. The van der Waals surface area contributed by atoms with E-state index in [0.29, 0.717) is 19.0 Å². The Kier molecular flexibility index (Phi) is 3.70. The van der Waals surface area contributed by atoms with E-state index in [1.165, 1.54) is 22.5 Å². The van der Waals surface area contributed by atoms with Crippen molar-refractivity contribution in [2.45, 2.75) is 11.3 Å². The molecule has 1 atom stereocenters. The van der Waals surface area contributed by atoms with Gasteiger partial charge in [0.1, 0.15) is 5.82 Å². The van der Waals surface area contributed by atoms with Crippen LogP contribution in [-0.4, -0.2) is 31.7 Å². The molecule has 0 aliphatic carbocycles. The van der Waals surface area contributed by atoms with E-state index in [0.717, 1.165) is 12.5 Å². The van der Waals surface area contributed by atoms with Gasteiger partial charge in [-0.05, 0) is 30.5 Å². The monoisotopic (exact) mass is 277 g/mol. The Bertz CT molecular complexity index is 506. The summed E-state index contributed by atoms with van der Waals surface area (Å²) in [5, 5.41) is 0. The Balaban J connectivity index is 2.25. The molecule has 1 aromatic carbocycles. The maximum Gasteiger partial charge on any atom is 0.243 e. The SMILES string of the molecule is O=S(=O)(c1cccc(F)c1)N1CCC(CCl)C1. The summed E-state index contributed by atoms with van der Waals surface area (Å²) in [5.41, 5.74) is 0. The Labute approximate surface area is 105 Å². The van der Waals surface area contributed by atoms with Gasteiger partial charge in [0, 0.05) is 19.0 Å². The molecule has 17 heavy (non-hydrogen) atoms. The summed E-state index contributed by atoms with van der Waals surface area (Å²) in [6.07, 6.45) is 0.762. The fraction of sp³-hybridized carbons (Fsp3) is 0.455. The normalized spacial score (nSPS) is 21.9. The van der Waals surface area contributed by atoms with Crippen molar-refractivity contribution >= 4 is 21.6 Å². The number of halogens is 2. The van der Waals surface area contributed by atoms with Gasteiger partial charge in [-0.1, -0.05) is 6.07 Å². The highest BCUT2D eigenvalue weighted by atomic mass is 35.5. The molecule has 0 aromatic heterocycles. The van der Waals surface area contributed by atoms with Crippen LogP contribution in [-0.2, 0) is 10.0 Å². The van der Waals surface area contributed by atoms with Crippen molar-refractivity contribution in [1.29, 1.82) is 0 Å². The van der Waals surface area contributed by atoms with Crippen LogP contribution in [0.3, 0.4) is 0 Å². The number of hydrogen-bond donors (Lipinski definition) is 0. The Morgan fingerprint density at radius 1 is 1.47 bits per heavy atom. The van der Waals surface area contributed by atoms with Crippen LogP contribution in [0.15, 0.2) is 29.2 Å². The van der Waals surface area contributed by atoms with Crippen molar-refractivity contribution in [3.8, 4) is 0 Å². The van der Waals surface area contributed by atoms with Gasteiger partial charge in [-0.3, -0.25) is 0 Å². The van der Waals surface area contributed by atoms with Gasteiger partial charge in [0.15, 0.2) is 0 Å². The molecular weight excluding hydrogens is 265 g/mol. The average Bonchev–Trinajstić information content (AvgIpc) is 2.78. The van der Waals surface area contributed by atoms with E-state index in [-0.39, 0.29) is 10.8 Å². The molecule has 1 fully saturated rings. The molecule has 0 N–H and O–H groups in total. The summed E-state index contributed by atoms with van der Waals surface area (Å²) in [6, 6.07) is 5.08. The molecular formula is C11H13ClFNO2S. The number of rotatable bonds is 3. The van der Waals surface area contributed by atoms with Crippen LogP contribution in [0.5, 0.6) is 0 Å². The summed E-state index contributed by atoms with van der Waals surface area (Å²) in [6.45, 7) is 0.874. The summed E-state index contributed by atoms with van der Waals surface area (Å²) in [7, 11) is -3.57. The molecule has 1 aliphatic heterocycles. The molecule has 94 valence electrons. The highest BCUT2D eigenvalue weighted by Gasteiger charge is 2.32. The smallest absolute Gasteiger partial charge is 0.207 e. The first kappa shape index (κ1) is 12.8. The van der Waals surface area contributed by atoms with Gasteiger partial charge in [0.2, 0.25) is 10.0 Å². The second-order valence-electron chi connectivity index (χ2n) is 4.13. The molecule has 3 nitrogen and oxygen atoms in total. The van der Waals surface area contributed by atoms with E-state index in [4.69, 9.17) is 11.6 Å². The third-order valence-electron chi connectivity index (χ3n) is 2.90. The Hall–Kier alpha value is -0.650. The van der Waals surface area contributed by atoms with Crippen LogP contribution in [0.1, 0.15) is 6.42 Å². The van der Waals surface area contributed by atoms with Gasteiger partial charge in [0.25, 0.3) is 0 Å². The number of alkyl halides is 1. The fourth-order valence-electron chi connectivity index (χ4n) is 1.92. The number of benzene rings is 1. The molecule has 1 aromatic rings. The van der Waals surface area contributed by atoms with Crippen LogP contribution in [0, 0.1) is 11.7 Å². The molecule has 0 spiro atoms. The van der Waals surface area contributed by atoms with Crippen molar-refractivity contribution < 1.29 is 12.8 Å². The first-order valence-electron chi connectivity index (χ1n) is 5.35. The molecule has 0 bridgehead atoms. The lowest BCUT2D eigenvalue weighted by atomic mass is 10.2. The van der Waals surface area contributed by atoms with Gasteiger partial charge in [-0.15, -0.1) is 11.6 Å². The van der Waals surface area contributed by atoms with E-state index in [2.05, 4.69) is 0 Å². The van der Waals surface area contributed by atoms with Crippen LogP contribution in [0.4, 0.5) is 4.39 Å². The molecule has 1 saturated heterocycles. The van der Waals surface area contributed by atoms with Crippen molar-refractivity contribution in [1.82, 2.24) is 4.31 Å². The second kappa shape index (κ2) is 4.92. The zero-order valence-electron chi connectivity index (χ0n) is 9.14. The van der Waals surface area contributed by atoms with E-state index >= 15 is 0 Å². The predicted octanol–water partition coefficient (Wildman–Crippen LogP) is 2.08. The molecule has 2 rings (SSSR count). The summed E-state index contributed by atoms with van der Waals surface area (Å²) < 4.78 is 38.7. The van der Waals surface area contributed by atoms with Crippen molar-refractivity contribution in [2.75, 3.05) is 19.0 Å². The zero-order valence-corrected chi connectivity index (χ0v) is 10.7. The predicted molar refractivity (Wildman–Crippen MR) is 64.0 cm³/mol. The fourth-order valence-corrected chi connectivity index (χ4v) is 3.73. The van der Waals surface area contributed by atoms with Crippen LogP contribution in [0.2, 0.25) is 0 Å². The Morgan fingerprint density at radius 2 is 2.24 bits per heavy atom. The summed E-state index contributed by atoms with van der Waals surface area (Å²) in [4.78, 5) is 0.00715. The number of sulfonamides is 1. The van der Waals surface area contributed by atoms with Crippen LogP contribution >= 0.6 is 11.6 Å². The van der Waals surface area contributed by atoms with Crippen LogP contribution < -0.4 is 0 Å². The van der Waals surface area contributed by atoms with Crippen molar-refractivity contribution in [3.05, 3.63) is 30.1 Å². The van der Waals surface area contributed by atoms with E-state index in [9.17, 15) is 12.8 Å². The molecule has 6 heteroatoms. The molecule has 1 unspecified atom stereocenters. The quantitative estimate of drug-likeness (QED) is 0.793. The first-order chi connectivity index (χ1) is 8.04. The maximum absolute atomic E-state index is 13.0. The number of hydrogen-bond acceptors (Lipinski definition) is 2. The minimum atomic E-state index is -3.57. The minimum absolute atomic E-state index is 0.00715. The van der Waals surface area contributed by atoms with Gasteiger partial charge in [0.05, 0.1) is 4.90 Å². The zero-order chi connectivity index (χ0) is 12.5. The molecule has 0 saturated carbocycles. The molecule has 0 amide bonds. The molecule has 1 heterocycles. The topological polar surface area (TPSA) is 37.4 Å². The summed E-state index contributed by atoms with van der Waals surface area (Å²) in [5.74, 6) is 0.106. The van der Waals surface area contributed by atoms with Crippen molar-refractivity contribution in [2.24, 2.45) is 5.92 Å². The lowest BCUT2D eigenvalue weighted by Gasteiger charge is -2.16. The highest BCUT2D eigenvalue weighted by Crippen LogP contribution is 2.25. The largest absolute Gasteiger partial charge is 0.243 e. The standard InChI is InChI=1S/C11H13ClFNO2S/c12-7-9-4-5-14(8-9)17(15,16)11-3-1-2-10(13)6-11/h1-3,6,9H,4-5,7-8H2. The van der Waals surface area contributed by atoms with Gasteiger partial charge < -0.3 is 0 Å². The average molecular weight is 278 g/mol. The molecule has 1 aliphatic rings. The maximum atomic E-state index is 13.0. The van der Waals surface area contributed by atoms with E-state index in [1.54, 1.807) is 0 Å². The molecule has 0 radical (unpaired) electrons. The Morgan fingerprint density at radius 3 is 2.82 bits per heavy atom. The lowest BCUT2D eigenvalue weighted by molar-refractivity contribution is 0.464. The highest BCUT2D eigenvalue weighted by molar-refractivity contribution is 7.89. The van der Waals surface area contributed by atoms with Crippen molar-refractivity contribution in [3.63, 3.8) is 0 Å². The van der Waals surface area contributed by atoms with Gasteiger partial charge in [-0.2, -0.15) is 4.31 Å². The van der Waals surface area contributed by atoms with Gasteiger partial charge in [-0.25, -0.2) is 12.8 Å². The minimum Gasteiger partial charge on any atom is -0.207 e. The van der Waals surface area contributed by atoms with E-state index < -0.39 is 15.8 Å². The number of nitrogens with zero attached hydrogens (tertiary/aromatic N) is 1. The van der Waals surface area contributed by atoms with Gasteiger partial charge >= 0.3 is 0 Å². The first-order valence-corrected chi connectivity index (χ1v) is 7.33. The van der Waals surface area contributed by atoms with Crippen LogP contribution in [0.25, 0.3) is 0 Å².